The van der Waals surface area contributed by atoms with Gasteiger partial charge in [-0.1, -0.05) is 140 Å². The van der Waals surface area contributed by atoms with Gasteiger partial charge in [0.05, 0.1) is 16.1 Å². The molecule has 3 heteroatoms. The number of hydrogen-bond donors (Lipinski definition) is 0. The van der Waals surface area contributed by atoms with Crippen molar-refractivity contribution in [3.63, 3.8) is 0 Å². The fourth-order valence-corrected chi connectivity index (χ4v) is 10.0. The zero-order valence-electron chi connectivity index (χ0n) is 29.1. The Labute approximate surface area is 311 Å². The van der Waals surface area contributed by atoms with E-state index in [4.69, 9.17) is 4.42 Å². The second kappa shape index (κ2) is 11.5. The Kier molecular flexibility index (Phi) is 6.58. The number of hydrogen-bond acceptors (Lipinski definition) is 3. The van der Waals surface area contributed by atoms with Crippen LogP contribution in [0.15, 0.2) is 186 Å². The maximum Gasteiger partial charge on any atom is 0.135 e. The molecule has 0 saturated carbocycles. The molecule has 0 aliphatic heterocycles. The maximum atomic E-state index is 6.68. The second-order valence-corrected chi connectivity index (χ2v) is 15.2. The summed E-state index contributed by atoms with van der Waals surface area (Å²) in [6, 6.07) is 66.3. The number of thiophene rings is 1. The molecule has 0 unspecified atom stereocenters. The van der Waals surface area contributed by atoms with Crippen molar-refractivity contribution in [2.24, 2.45) is 0 Å². The predicted molar refractivity (Wildman–Crippen MR) is 224 cm³/mol. The summed E-state index contributed by atoms with van der Waals surface area (Å²) in [6.45, 7) is 2.40. The summed E-state index contributed by atoms with van der Waals surface area (Å²) in [7, 11) is 0. The Bertz CT molecular complexity index is 2980. The molecule has 2 aromatic heterocycles. The Balaban J connectivity index is 1.26. The van der Waals surface area contributed by atoms with Gasteiger partial charge in [0.25, 0.3) is 0 Å². The van der Waals surface area contributed by atoms with Gasteiger partial charge in [-0.05, 0) is 88.3 Å². The molecule has 8 aromatic carbocycles. The third kappa shape index (κ3) is 4.44. The van der Waals surface area contributed by atoms with Gasteiger partial charge in [0.2, 0.25) is 0 Å². The Morgan fingerprint density at radius 3 is 1.85 bits per heavy atom. The number of furan rings is 1. The normalized spacial score (nSPS) is 13.2. The van der Waals surface area contributed by atoms with E-state index in [9.17, 15) is 0 Å². The highest BCUT2D eigenvalue weighted by atomic mass is 32.1. The molecule has 1 aliphatic rings. The average molecular weight is 696 g/mol. The second-order valence-electron chi connectivity index (χ2n) is 14.2. The quantitative estimate of drug-likeness (QED) is 0.178. The molecule has 0 fully saturated rings. The van der Waals surface area contributed by atoms with Crippen molar-refractivity contribution in [2.75, 3.05) is 4.90 Å². The van der Waals surface area contributed by atoms with Crippen LogP contribution >= 0.6 is 11.3 Å². The third-order valence-electron chi connectivity index (χ3n) is 11.4. The van der Waals surface area contributed by atoms with E-state index in [1.54, 1.807) is 0 Å². The van der Waals surface area contributed by atoms with Gasteiger partial charge < -0.3 is 9.32 Å². The SMILES string of the molecule is CC1(c2cc3oc4ccccc4c3cc2N(c2ccc(-c3ccccc3)cc2)c2cccc3c2sc2ccccc23)c2ccccc2-c2ccccc21. The van der Waals surface area contributed by atoms with E-state index in [1.807, 2.05) is 11.3 Å². The van der Waals surface area contributed by atoms with E-state index in [0.29, 0.717) is 0 Å². The minimum Gasteiger partial charge on any atom is -0.456 e. The van der Waals surface area contributed by atoms with E-state index >= 15 is 0 Å². The number of nitrogens with zero attached hydrogens (tertiary/aromatic N) is 1. The molecule has 1 aliphatic carbocycles. The average Bonchev–Trinajstić information content (AvgIpc) is 3.87. The highest BCUT2D eigenvalue weighted by Gasteiger charge is 2.43. The third-order valence-corrected chi connectivity index (χ3v) is 12.6. The molecule has 0 bridgehead atoms. The van der Waals surface area contributed by atoms with Gasteiger partial charge in [0, 0.05) is 37.3 Å². The number of fused-ring (bicyclic) bond motifs is 9. The highest BCUT2D eigenvalue weighted by molar-refractivity contribution is 7.26. The first-order chi connectivity index (χ1) is 26.2. The van der Waals surface area contributed by atoms with Gasteiger partial charge in [-0.3, -0.25) is 0 Å². The molecule has 0 N–H and O–H groups in total. The number of rotatable bonds is 5. The van der Waals surface area contributed by atoms with Crippen molar-refractivity contribution in [1.29, 1.82) is 0 Å². The first-order valence-electron chi connectivity index (χ1n) is 18.2. The van der Waals surface area contributed by atoms with Crippen LogP contribution in [-0.4, -0.2) is 0 Å². The van der Waals surface area contributed by atoms with Crippen molar-refractivity contribution >= 4 is 70.5 Å². The van der Waals surface area contributed by atoms with E-state index < -0.39 is 5.41 Å². The lowest BCUT2D eigenvalue weighted by molar-refractivity contribution is 0.662. The van der Waals surface area contributed by atoms with Crippen LogP contribution in [0, 0.1) is 0 Å². The van der Waals surface area contributed by atoms with Crippen LogP contribution < -0.4 is 4.90 Å². The highest BCUT2D eigenvalue weighted by Crippen LogP contribution is 2.57. The Morgan fingerprint density at radius 1 is 0.453 bits per heavy atom. The maximum absolute atomic E-state index is 6.68. The number of para-hydroxylation sites is 1. The molecule has 0 atom stereocenters. The van der Waals surface area contributed by atoms with Crippen LogP contribution in [0.2, 0.25) is 0 Å². The lowest BCUT2D eigenvalue weighted by atomic mass is 9.73. The monoisotopic (exact) mass is 695 g/mol. The smallest absolute Gasteiger partial charge is 0.135 e. The van der Waals surface area contributed by atoms with Gasteiger partial charge in [0.15, 0.2) is 0 Å². The van der Waals surface area contributed by atoms with Gasteiger partial charge >= 0.3 is 0 Å². The summed E-state index contributed by atoms with van der Waals surface area (Å²) in [5, 5.41) is 4.79. The van der Waals surface area contributed by atoms with Crippen molar-refractivity contribution in [2.45, 2.75) is 12.3 Å². The summed E-state index contributed by atoms with van der Waals surface area (Å²) < 4.78 is 9.23. The molecule has 0 amide bonds. The molecule has 2 heterocycles. The van der Waals surface area contributed by atoms with Gasteiger partial charge in [-0.25, -0.2) is 0 Å². The standard InChI is InChI=1S/C50H33NOS/c1-50(41-21-9-5-16-35(41)36-17-6-10-22-42(36)50)43-31-47-40(37-18-7-11-24-46(37)52-47)30-45(43)51(34-28-26-33(27-29-34)32-14-3-2-4-15-32)44-23-13-20-39-38-19-8-12-25-48(38)53-49(39)44/h2-31H,1H3. The molecule has 0 radical (unpaired) electrons. The summed E-state index contributed by atoms with van der Waals surface area (Å²) in [5.41, 5.74) is 13.5. The molecule has 2 nitrogen and oxygen atoms in total. The lowest BCUT2D eigenvalue weighted by Gasteiger charge is -2.35. The minimum absolute atomic E-state index is 0.466. The molecular formula is C50H33NOS. The Hall–Kier alpha value is -6.42. The fraction of sp³-hybridized carbons (Fsp3) is 0.0400. The Morgan fingerprint density at radius 2 is 1.08 bits per heavy atom. The van der Waals surface area contributed by atoms with E-state index in [1.165, 1.54) is 59.1 Å². The first kappa shape index (κ1) is 30.2. The largest absolute Gasteiger partial charge is 0.456 e. The predicted octanol–water partition coefficient (Wildman–Crippen LogP) is 14.4. The van der Waals surface area contributed by atoms with Crippen LogP contribution in [-0.2, 0) is 5.41 Å². The number of anilines is 3. The lowest BCUT2D eigenvalue weighted by Crippen LogP contribution is -2.26. The van der Waals surface area contributed by atoms with Crippen LogP contribution in [0.5, 0.6) is 0 Å². The first-order valence-corrected chi connectivity index (χ1v) is 19.0. The molecule has 10 aromatic rings. The van der Waals surface area contributed by atoms with E-state index in [-0.39, 0.29) is 0 Å². The molecule has 11 rings (SSSR count). The number of benzene rings is 8. The van der Waals surface area contributed by atoms with Crippen molar-refractivity contribution < 1.29 is 4.42 Å². The van der Waals surface area contributed by atoms with Crippen molar-refractivity contribution in [3.05, 3.63) is 199 Å². The molecule has 250 valence electrons. The molecule has 0 saturated heterocycles. The van der Waals surface area contributed by atoms with E-state index in [0.717, 1.165) is 39.0 Å². The fourth-order valence-electron chi connectivity index (χ4n) is 8.84. The van der Waals surface area contributed by atoms with Crippen LogP contribution in [0.25, 0.3) is 64.4 Å². The summed E-state index contributed by atoms with van der Waals surface area (Å²) in [6.07, 6.45) is 0. The van der Waals surface area contributed by atoms with E-state index in [2.05, 4.69) is 194 Å². The van der Waals surface area contributed by atoms with Gasteiger partial charge in [-0.2, -0.15) is 0 Å². The van der Waals surface area contributed by atoms with Gasteiger partial charge in [0.1, 0.15) is 11.2 Å². The molecular weight excluding hydrogens is 663 g/mol. The molecule has 53 heavy (non-hydrogen) atoms. The van der Waals surface area contributed by atoms with Crippen molar-refractivity contribution in [3.8, 4) is 22.3 Å². The van der Waals surface area contributed by atoms with Crippen molar-refractivity contribution in [1.82, 2.24) is 0 Å². The molecule has 0 spiro atoms. The van der Waals surface area contributed by atoms with Crippen LogP contribution in [0.1, 0.15) is 23.6 Å². The zero-order chi connectivity index (χ0) is 35.1. The zero-order valence-corrected chi connectivity index (χ0v) is 29.9. The minimum atomic E-state index is -0.466. The summed E-state index contributed by atoms with van der Waals surface area (Å²) in [4.78, 5) is 2.51. The van der Waals surface area contributed by atoms with Crippen LogP contribution in [0.4, 0.5) is 17.1 Å². The van der Waals surface area contributed by atoms with Gasteiger partial charge in [-0.15, -0.1) is 11.3 Å². The van der Waals surface area contributed by atoms with Crippen LogP contribution in [0.3, 0.4) is 0 Å². The summed E-state index contributed by atoms with van der Waals surface area (Å²) >= 11 is 1.87. The summed E-state index contributed by atoms with van der Waals surface area (Å²) in [5.74, 6) is 0. The topological polar surface area (TPSA) is 16.4 Å².